The Morgan fingerprint density at radius 3 is 2.70 bits per heavy atom. The molecule has 6 heteroatoms. The van der Waals surface area contributed by atoms with Gasteiger partial charge in [-0.3, -0.25) is 9.69 Å². The van der Waals surface area contributed by atoms with Crippen LogP contribution in [0.15, 0.2) is 30.3 Å². The predicted octanol–water partition coefficient (Wildman–Crippen LogP) is 2.39. The van der Waals surface area contributed by atoms with Crippen molar-refractivity contribution in [3.05, 3.63) is 35.9 Å². The summed E-state index contributed by atoms with van der Waals surface area (Å²) >= 11 is 0. The molecule has 2 heterocycles. The number of amides is 1. The zero-order valence-electron chi connectivity index (χ0n) is 16.3. The van der Waals surface area contributed by atoms with Gasteiger partial charge in [0.25, 0.3) is 0 Å². The second kappa shape index (κ2) is 9.33. The molecule has 0 aliphatic carbocycles. The lowest BCUT2D eigenvalue weighted by atomic mass is 10.0. The molecule has 2 saturated heterocycles. The van der Waals surface area contributed by atoms with Crippen molar-refractivity contribution >= 4 is 11.9 Å². The molecule has 2 aliphatic heterocycles. The third kappa shape index (κ3) is 5.08. The summed E-state index contributed by atoms with van der Waals surface area (Å²) in [4.78, 5) is 29.1. The number of likely N-dealkylation sites (tertiary alicyclic amines) is 1. The number of esters is 1. The zero-order valence-corrected chi connectivity index (χ0v) is 16.3. The number of ether oxygens (including phenoxy) is 2. The second-order valence-electron chi connectivity index (χ2n) is 7.39. The molecule has 1 aromatic rings. The molecule has 27 heavy (non-hydrogen) atoms. The van der Waals surface area contributed by atoms with Crippen LogP contribution >= 0.6 is 0 Å². The van der Waals surface area contributed by atoms with Crippen molar-refractivity contribution in [2.24, 2.45) is 0 Å². The number of nitrogens with zero attached hydrogens (tertiary/aromatic N) is 2. The smallest absolute Gasteiger partial charge is 0.328 e. The van der Waals surface area contributed by atoms with Crippen LogP contribution in [0.5, 0.6) is 0 Å². The predicted molar refractivity (Wildman–Crippen MR) is 102 cm³/mol. The first-order chi connectivity index (χ1) is 13.1. The van der Waals surface area contributed by atoms with Gasteiger partial charge in [-0.05, 0) is 38.7 Å². The molecule has 3 atom stereocenters. The first-order valence-corrected chi connectivity index (χ1v) is 9.97. The van der Waals surface area contributed by atoms with Crippen molar-refractivity contribution < 1.29 is 19.1 Å². The van der Waals surface area contributed by atoms with E-state index in [1.54, 1.807) is 11.8 Å². The van der Waals surface area contributed by atoms with Crippen LogP contribution in [0, 0.1) is 0 Å². The normalized spacial score (nSPS) is 26.6. The highest BCUT2D eigenvalue weighted by molar-refractivity contribution is 5.85. The molecule has 0 saturated carbocycles. The van der Waals surface area contributed by atoms with Gasteiger partial charge in [0.05, 0.1) is 25.4 Å². The van der Waals surface area contributed by atoms with Gasteiger partial charge in [0, 0.05) is 19.6 Å². The summed E-state index contributed by atoms with van der Waals surface area (Å²) < 4.78 is 11.3. The Balaban J connectivity index is 1.64. The van der Waals surface area contributed by atoms with Crippen LogP contribution in [0.2, 0.25) is 0 Å². The number of piperidine rings is 1. The summed E-state index contributed by atoms with van der Waals surface area (Å²) in [7, 11) is 0. The number of hydrogen-bond acceptors (Lipinski definition) is 5. The van der Waals surface area contributed by atoms with Gasteiger partial charge in [0.1, 0.15) is 6.04 Å². The van der Waals surface area contributed by atoms with Crippen molar-refractivity contribution in [1.82, 2.24) is 9.80 Å². The molecular formula is C21H30N2O4. The number of benzene rings is 1. The van der Waals surface area contributed by atoms with Crippen LogP contribution in [-0.2, 0) is 19.1 Å². The Hall–Kier alpha value is -1.92. The van der Waals surface area contributed by atoms with Gasteiger partial charge in [-0.1, -0.05) is 30.3 Å². The molecule has 0 radical (unpaired) electrons. The van der Waals surface area contributed by atoms with Gasteiger partial charge < -0.3 is 14.4 Å². The Morgan fingerprint density at radius 2 is 1.96 bits per heavy atom. The van der Waals surface area contributed by atoms with Crippen LogP contribution in [0.1, 0.15) is 44.8 Å². The average molecular weight is 374 g/mol. The Kier molecular flexibility index (Phi) is 6.85. The Labute approximate surface area is 161 Å². The summed E-state index contributed by atoms with van der Waals surface area (Å²) in [5, 5.41) is 0. The van der Waals surface area contributed by atoms with Crippen molar-refractivity contribution in [2.45, 2.75) is 51.4 Å². The quantitative estimate of drug-likeness (QED) is 0.741. The minimum atomic E-state index is -0.436. The minimum Gasteiger partial charge on any atom is -0.464 e. The van der Waals surface area contributed by atoms with E-state index in [1.807, 2.05) is 25.1 Å². The first kappa shape index (κ1) is 19.8. The largest absolute Gasteiger partial charge is 0.464 e. The van der Waals surface area contributed by atoms with Gasteiger partial charge in [-0.25, -0.2) is 4.79 Å². The highest BCUT2D eigenvalue weighted by Gasteiger charge is 2.35. The minimum absolute atomic E-state index is 0.00802. The molecular weight excluding hydrogens is 344 g/mol. The fraction of sp³-hybridized carbons (Fsp3) is 0.619. The molecule has 0 spiro atoms. The summed E-state index contributed by atoms with van der Waals surface area (Å²) in [6.45, 7) is 6.51. The lowest BCUT2D eigenvalue weighted by Crippen LogP contribution is -2.53. The highest BCUT2D eigenvalue weighted by Crippen LogP contribution is 2.25. The second-order valence-corrected chi connectivity index (χ2v) is 7.39. The summed E-state index contributed by atoms with van der Waals surface area (Å²) in [6, 6.07) is 9.68. The molecule has 1 amide bonds. The van der Waals surface area contributed by atoms with Crippen LogP contribution in [0.25, 0.3) is 0 Å². The van der Waals surface area contributed by atoms with E-state index >= 15 is 0 Å². The lowest BCUT2D eigenvalue weighted by Gasteiger charge is -2.39. The van der Waals surface area contributed by atoms with Gasteiger partial charge in [0.2, 0.25) is 5.91 Å². The van der Waals surface area contributed by atoms with Crippen molar-refractivity contribution in [3.63, 3.8) is 0 Å². The maximum Gasteiger partial charge on any atom is 0.328 e. The standard InChI is InChI=1S/C21H30N2O4/c1-3-26-21(25)18-11-7-8-12-23(18)20(24)15-22-13-16(2)27-19(14-22)17-9-5-4-6-10-17/h4-6,9-10,16,18-19H,3,7-8,11-15H2,1-2H3. The third-order valence-electron chi connectivity index (χ3n) is 5.25. The monoisotopic (exact) mass is 374 g/mol. The van der Waals surface area contributed by atoms with E-state index in [1.165, 1.54) is 0 Å². The fourth-order valence-electron chi connectivity index (χ4n) is 4.02. The van der Waals surface area contributed by atoms with Gasteiger partial charge >= 0.3 is 5.97 Å². The molecule has 2 fully saturated rings. The van der Waals surface area contributed by atoms with Crippen LogP contribution in [-0.4, -0.2) is 66.6 Å². The van der Waals surface area contributed by atoms with Crippen LogP contribution < -0.4 is 0 Å². The van der Waals surface area contributed by atoms with Gasteiger partial charge in [0.15, 0.2) is 0 Å². The Bertz CT molecular complexity index is 636. The molecule has 3 unspecified atom stereocenters. The van der Waals surface area contributed by atoms with Gasteiger partial charge in [-0.2, -0.15) is 0 Å². The summed E-state index contributed by atoms with van der Waals surface area (Å²) in [6.07, 6.45) is 2.60. The molecule has 0 bridgehead atoms. The van der Waals surface area contributed by atoms with E-state index in [0.29, 0.717) is 39.2 Å². The average Bonchev–Trinajstić information content (AvgIpc) is 2.68. The molecule has 0 aromatic heterocycles. The van der Waals surface area contributed by atoms with Gasteiger partial charge in [-0.15, -0.1) is 0 Å². The SMILES string of the molecule is CCOC(=O)C1CCCCN1C(=O)CN1CC(C)OC(c2ccccc2)C1. The van der Waals surface area contributed by atoms with E-state index in [-0.39, 0.29) is 24.1 Å². The molecule has 3 rings (SSSR count). The highest BCUT2D eigenvalue weighted by atomic mass is 16.5. The number of morpholine rings is 1. The van der Waals surface area contributed by atoms with E-state index in [0.717, 1.165) is 18.4 Å². The maximum absolute atomic E-state index is 13.0. The molecule has 0 N–H and O–H groups in total. The van der Waals surface area contributed by atoms with Crippen molar-refractivity contribution in [1.29, 1.82) is 0 Å². The lowest BCUT2D eigenvalue weighted by molar-refractivity contribution is -0.158. The first-order valence-electron chi connectivity index (χ1n) is 9.97. The summed E-state index contributed by atoms with van der Waals surface area (Å²) in [5.41, 5.74) is 1.13. The molecule has 1 aromatic carbocycles. The number of carbonyl (C=O) groups excluding carboxylic acids is 2. The van der Waals surface area contributed by atoms with Crippen LogP contribution in [0.3, 0.4) is 0 Å². The number of hydrogen-bond donors (Lipinski definition) is 0. The van der Waals surface area contributed by atoms with Crippen molar-refractivity contribution in [2.75, 3.05) is 32.8 Å². The van der Waals surface area contributed by atoms with Crippen molar-refractivity contribution in [3.8, 4) is 0 Å². The molecule has 2 aliphatic rings. The molecule has 6 nitrogen and oxygen atoms in total. The third-order valence-corrected chi connectivity index (χ3v) is 5.25. The van der Waals surface area contributed by atoms with Crippen LogP contribution in [0.4, 0.5) is 0 Å². The van der Waals surface area contributed by atoms with E-state index < -0.39 is 6.04 Å². The number of rotatable bonds is 5. The van der Waals surface area contributed by atoms with E-state index in [2.05, 4.69) is 17.0 Å². The fourth-order valence-corrected chi connectivity index (χ4v) is 4.02. The zero-order chi connectivity index (χ0) is 19.2. The van der Waals surface area contributed by atoms with E-state index in [9.17, 15) is 9.59 Å². The number of carbonyl (C=O) groups is 2. The summed E-state index contributed by atoms with van der Waals surface area (Å²) in [5.74, 6) is -0.267. The molecule has 148 valence electrons. The van der Waals surface area contributed by atoms with E-state index in [4.69, 9.17) is 9.47 Å². The maximum atomic E-state index is 13.0. The topological polar surface area (TPSA) is 59.1 Å². The Morgan fingerprint density at radius 1 is 1.19 bits per heavy atom.